The number of ether oxygens (including phenoxy) is 2. The Labute approximate surface area is 186 Å². The average Bonchev–Trinajstić information content (AvgIpc) is 2.66. The van der Waals surface area contributed by atoms with Crippen molar-refractivity contribution in [2.75, 3.05) is 19.0 Å². The third kappa shape index (κ3) is 6.92. The number of carbonyl (C=O) groups excluding carboxylic acids is 2. The molecule has 0 bridgehead atoms. The molecule has 0 saturated heterocycles. The van der Waals surface area contributed by atoms with Gasteiger partial charge in [-0.15, -0.1) is 0 Å². The molecule has 2 amide bonds. The van der Waals surface area contributed by atoms with Crippen molar-refractivity contribution in [2.24, 2.45) is 5.10 Å². The summed E-state index contributed by atoms with van der Waals surface area (Å²) >= 11 is 15.1. The number of anilines is 1. The van der Waals surface area contributed by atoms with Crippen molar-refractivity contribution in [1.29, 1.82) is 0 Å². The molecule has 0 spiro atoms. The number of benzene rings is 2. The van der Waals surface area contributed by atoms with E-state index in [4.69, 9.17) is 32.7 Å². The molecular formula is C19H18BrCl2N3O4. The van der Waals surface area contributed by atoms with Crippen LogP contribution in [0.5, 0.6) is 11.5 Å². The summed E-state index contributed by atoms with van der Waals surface area (Å²) in [7, 11) is 1.53. The number of nitrogens with one attached hydrogen (secondary N) is 2. The number of methoxy groups -OCH3 is 1. The zero-order chi connectivity index (χ0) is 21.4. The van der Waals surface area contributed by atoms with E-state index in [1.165, 1.54) is 19.4 Å². The second-order valence-corrected chi connectivity index (χ2v) is 7.28. The predicted molar refractivity (Wildman–Crippen MR) is 117 cm³/mol. The lowest BCUT2D eigenvalue weighted by atomic mass is 10.2. The molecule has 0 aliphatic carbocycles. The predicted octanol–water partition coefficient (Wildman–Crippen LogP) is 4.64. The monoisotopic (exact) mass is 501 g/mol. The molecule has 7 nitrogen and oxygen atoms in total. The first-order valence-electron chi connectivity index (χ1n) is 8.41. The summed E-state index contributed by atoms with van der Waals surface area (Å²) in [5, 5.41) is 7.09. The molecule has 0 aliphatic rings. The minimum absolute atomic E-state index is 0.301. The van der Waals surface area contributed by atoms with Crippen molar-refractivity contribution < 1.29 is 19.1 Å². The van der Waals surface area contributed by atoms with E-state index in [2.05, 4.69) is 31.8 Å². The van der Waals surface area contributed by atoms with Crippen molar-refractivity contribution in [3.63, 3.8) is 0 Å². The van der Waals surface area contributed by atoms with Gasteiger partial charge in [0.1, 0.15) is 6.42 Å². The first-order valence-corrected chi connectivity index (χ1v) is 9.96. The van der Waals surface area contributed by atoms with Gasteiger partial charge in [-0.1, -0.05) is 23.2 Å². The van der Waals surface area contributed by atoms with Gasteiger partial charge < -0.3 is 14.8 Å². The highest BCUT2D eigenvalue weighted by atomic mass is 79.9. The summed E-state index contributed by atoms with van der Waals surface area (Å²) in [6.07, 6.45) is 1.02. The molecule has 2 rings (SSSR count). The minimum Gasteiger partial charge on any atom is -0.493 e. The van der Waals surface area contributed by atoms with Crippen LogP contribution in [-0.4, -0.2) is 31.7 Å². The molecule has 2 aromatic carbocycles. The van der Waals surface area contributed by atoms with Crippen molar-refractivity contribution >= 4 is 62.8 Å². The first-order chi connectivity index (χ1) is 13.8. The van der Waals surface area contributed by atoms with E-state index < -0.39 is 18.2 Å². The fourth-order valence-electron chi connectivity index (χ4n) is 2.24. The molecule has 0 unspecified atom stereocenters. The Balaban J connectivity index is 1.92. The smallest absolute Gasteiger partial charge is 0.249 e. The number of hydrazone groups is 1. The summed E-state index contributed by atoms with van der Waals surface area (Å²) in [6.45, 7) is 2.36. The third-order valence-electron chi connectivity index (χ3n) is 3.47. The minimum atomic E-state index is -0.573. The number of halogens is 3. The number of hydrogen-bond acceptors (Lipinski definition) is 5. The van der Waals surface area contributed by atoms with E-state index in [1.807, 2.05) is 6.92 Å². The molecule has 0 radical (unpaired) electrons. The topological polar surface area (TPSA) is 89.0 Å². The van der Waals surface area contributed by atoms with Crippen LogP contribution in [0.2, 0.25) is 10.0 Å². The van der Waals surface area contributed by atoms with Gasteiger partial charge in [-0.3, -0.25) is 9.59 Å². The van der Waals surface area contributed by atoms with E-state index in [-0.39, 0.29) is 0 Å². The lowest BCUT2D eigenvalue weighted by molar-refractivity contribution is -0.126. The average molecular weight is 503 g/mol. The van der Waals surface area contributed by atoms with Gasteiger partial charge in [0, 0.05) is 5.69 Å². The zero-order valence-corrected chi connectivity index (χ0v) is 18.7. The van der Waals surface area contributed by atoms with Crippen LogP contribution in [-0.2, 0) is 9.59 Å². The maximum absolute atomic E-state index is 11.9. The lowest BCUT2D eigenvalue weighted by Crippen LogP contribution is -2.24. The zero-order valence-electron chi connectivity index (χ0n) is 15.6. The van der Waals surface area contributed by atoms with Gasteiger partial charge >= 0.3 is 0 Å². The molecule has 10 heteroatoms. The van der Waals surface area contributed by atoms with Gasteiger partial charge in [-0.05, 0) is 58.7 Å². The molecule has 29 heavy (non-hydrogen) atoms. The SMILES string of the molecule is CCOc1c(Br)cc(C=NNC(=O)CC(=O)Nc2ccc(Cl)c(Cl)c2)cc1OC. The normalized spacial score (nSPS) is 10.7. The Hall–Kier alpha value is -2.29. The molecule has 2 aromatic rings. The largest absolute Gasteiger partial charge is 0.493 e. The van der Waals surface area contributed by atoms with Gasteiger partial charge in [-0.25, -0.2) is 5.43 Å². The van der Waals surface area contributed by atoms with Crippen LogP contribution < -0.4 is 20.2 Å². The standard InChI is InChI=1S/C19H18BrCl2N3O4/c1-3-29-19-13(20)6-11(7-16(19)28-2)10-23-25-18(27)9-17(26)24-12-4-5-14(21)15(22)8-12/h4-8,10H,3,9H2,1-2H3,(H,24,26)(H,25,27). The molecule has 0 fully saturated rings. The Morgan fingerprint density at radius 2 is 1.93 bits per heavy atom. The molecule has 0 aliphatic heterocycles. The second kappa shape index (κ2) is 11.0. The van der Waals surface area contributed by atoms with Crippen LogP contribution in [0, 0.1) is 0 Å². The maximum atomic E-state index is 11.9. The number of amides is 2. The molecule has 154 valence electrons. The summed E-state index contributed by atoms with van der Waals surface area (Å²) in [5.74, 6) is 0.0162. The van der Waals surface area contributed by atoms with Crippen LogP contribution >= 0.6 is 39.1 Å². The van der Waals surface area contributed by atoms with Crippen LogP contribution in [0.15, 0.2) is 39.9 Å². The summed E-state index contributed by atoms with van der Waals surface area (Å²) in [5.41, 5.74) is 3.40. The van der Waals surface area contributed by atoms with E-state index in [1.54, 1.807) is 24.3 Å². The van der Waals surface area contributed by atoms with E-state index >= 15 is 0 Å². The highest BCUT2D eigenvalue weighted by molar-refractivity contribution is 9.10. The lowest BCUT2D eigenvalue weighted by Gasteiger charge is -2.11. The van der Waals surface area contributed by atoms with E-state index in [0.29, 0.717) is 43.9 Å². The Bertz CT molecular complexity index is 938. The fraction of sp³-hybridized carbons (Fsp3) is 0.211. The van der Waals surface area contributed by atoms with Crippen molar-refractivity contribution in [2.45, 2.75) is 13.3 Å². The summed E-state index contributed by atoms with van der Waals surface area (Å²) in [4.78, 5) is 23.8. The fourth-order valence-corrected chi connectivity index (χ4v) is 3.11. The van der Waals surface area contributed by atoms with Crippen LogP contribution in [0.3, 0.4) is 0 Å². The number of hydrogen-bond donors (Lipinski definition) is 2. The van der Waals surface area contributed by atoms with Crippen molar-refractivity contribution in [3.8, 4) is 11.5 Å². The van der Waals surface area contributed by atoms with Crippen molar-refractivity contribution in [3.05, 3.63) is 50.4 Å². The summed E-state index contributed by atoms with van der Waals surface area (Å²) in [6, 6.07) is 8.10. The number of carbonyl (C=O) groups is 2. The first kappa shape index (κ1) is 23.0. The van der Waals surface area contributed by atoms with Gasteiger partial charge in [0.05, 0.1) is 34.4 Å². The Kier molecular flexibility index (Phi) is 8.75. The highest BCUT2D eigenvalue weighted by Crippen LogP contribution is 2.36. The van der Waals surface area contributed by atoms with Crippen LogP contribution in [0.4, 0.5) is 5.69 Å². The maximum Gasteiger partial charge on any atom is 0.249 e. The van der Waals surface area contributed by atoms with Crippen LogP contribution in [0.25, 0.3) is 0 Å². The van der Waals surface area contributed by atoms with E-state index in [9.17, 15) is 9.59 Å². The number of rotatable bonds is 8. The second-order valence-electron chi connectivity index (χ2n) is 5.61. The van der Waals surface area contributed by atoms with Gasteiger partial charge in [-0.2, -0.15) is 5.10 Å². The molecule has 2 N–H and O–H groups in total. The Morgan fingerprint density at radius 1 is 1.17 bits per heavy atom. The van der Waals surface area contributed by atoms with Gasteiger partial charge in [0.2, 0.25) is 11.8 Å². The third-order valence-corrected chi connectivity index (χ3v) is 4.80. The molecule has 0 saturated carbocycles. The summed E-state index contributed by atoms with van der Waals surface area (Å²) < 4.78 is 11.5. The Morgan fingerprint density at radius 3 is 2.59 bits per heavy atom. The molecule has 0 heterocycles. The van der Waals surface area contributed by atoms with Crippen LogP contribution in [0.1, 0.15) is 18.9 Å². The highest BCUT2D eigenvalue weighted by Gasteiger charge is 2.12. The van der Waals surface area contributed by atoms with Gasteiger partial charge in [0.25, 0.3) is 0 Å². The van der Waals surface area contributed by atoms with Crippen molar-refractivity contribution in [1.82, 2.24) is 5.43 Å². The molecule has 0 aromatic heterocycles. The number of nitrogens with zero attached hydrogens (tertiary/aromatic N) is 1. The van der Waals surface area contributed by atoms with Gasteiger partial charge in [0.15, 0.2) is 11.5 Å². The van der Waals surface area contributed by atoms with E-state index in [0.717, 1.165) is 0 Å². The quantitative estimate of drug-likeness (QED) is 0.312. The molecule has 0 atom stereocenters. The molecular weight excluding hydrogens is 485 g/mol.